The molecule has 2 nitrogen and oxygen atoms in total. The topological polar surface area (TPSA) is 9.86 Å². The maximum Gasteiger partial charge on any atom is 0.252 e. The van der Waals surface area contributed by atoms with Crippen molar-refractivity contribution < 1.29 is 0 Å². The molecule has 4 heterocycles. The van der Waals surface area contributed by atoms with Crippen LogP contribution in [-0.2, 0) is 5.41 Å². The van der Waals surface area contributed by atoms with Crippen molar-refractivity contribution in [3.63, 3.8) is 0 Å². The van der Waals surface area contributed by atoms with E-state index in [4.69, 9.17) is 0 Å². The average molecular weight is 687 g/mol. The van der Waals surface area contributed by atoms with E-state index < -0.39 is 0 Å². The summed E-state index contributed by atoms with van der Waals surface area (Å²) in [6.45, 7) is 9.49. The number of fused-ring (bicyclic) bond motifs is 20. The maximum absolute atomic E-state index is 2.67. The van der Waals surface area contributed by atoms with Crippen LogP contribution in [0.25, 0.3) is 98.1 Å². The van der Waals surface area contributed by atoms with Crippen molar-refractivity contribution in [1.82, 2.24) is 9.13 Å². The lowest BCUT2D eigenvalue weighted by Crippen LogP contribution is -2.59. The summed E-state index contributed by atoms with van der Waals surface area (Å²) in [6, 6.07) is 53.4. The fourth-order valence-corrected chi connectivity index (χ4v) is 10.9. The van der Waals surface area contributed by atoms with Crippen molar-refractivity contribution >= 4 is 110 Å². The van der Waals surface area contributed by atoms with Gasteiger partial charge in [-0.2, -0.15) is 0 Å². The molecule has 0 saturated heterocycles. The smallest absolute Gasteiger partial charge is 0.252 e. The Morgan fingerprint density at radius 3 is 1.39 bits per heavy atom. The third kappa shape index (κ3) is 3.32. The molecule has 0 unspecified atom stereocenters. The zero-order chi connectivity index (χ0) is 35.8. The van der Waals surface area contributed by atoms with Crippen molar-refractivity contribution in [1.29, 1.82) is 0 Å². The highest BCUT2D eigenvalue weighted by Crippen LogP contribution is 2.47. The summed E-state index contributed by atoms with van der Waals surface area (Å²) in [5, 5.41) is 15.9. The van der Waals surface area contributed by atoms with Gasteiger partial charge in [0.25, 0.3) is 6.71 Å². The van der Waals surface area contributed by atoms with Gasteiger partial charge in [-0.05, 0) is 90.4 Å². The number of hydrogen-bond donors (Lipinski definition) is 0. The fraction of sp³-hybridized carbons (Fsp3) is 0.0980. The zero-order valence-electron chi connectivity index (χ0n) is 30.8. The lowest BCUT2D eigenvalue weighted by Gasteiger charge is -2.35. The van der Waals surface area contributed by atoms with Crippen LogP contribution in [0.4, 0.5) is 0 Å². The number of rotatable bonds is 0. The SMILES string of the molecule is Cc1cc2c3c(c1)-n1c4c(cc(C(C)(C)C)cc4c4c5ccccc5c5ccccc5c41)B3c1cccc3c4c5ccccc5c5ccccc5c4n-2c13. The Bertz CT molecular complexity index is 3550. The van der Waals surface area contributed by atoms with E-state index in [-0.39, 0.29) is 12.1 Å². The van der Waals surface area contributed by atoms with Gasteiger partial charge in [0, 0.05) is 54.7 Å². The molecular formula is C51H35BN2. The van der Waals surface area contributed by atoms with Crippen molar-refractivity contribution in [3.8, 4) is 11.4 Å². The van der Waals surface area contributed by atoms with Gasteiger partial charge in [0.2, 0.25) is 0 Å². The molecule has 0 atom stereocenters. The van der Waals surface area contributed by atoms with Crippen molar-refractivity contribution in [2.45, 2.75) is 33.1 Å². The third-order valence-corrected chi connectivity index (χ3v) is 13.0. The first-order valence-corrected chi connectivity index (χ1v) is 19.3. The Hall–Kier alpha value is -6.32. The number of para-hydroxylation sites is 1. The number of benzene rings is 9. The van der Waals surface area contributed by atoms with Gasteiger partial charge in [0.15, 0.2) is 0 Å². The van der Waals surface area contributed by atoms with Gasteiger partial charge in [-0.25, -0.2) is 0 Å². The Labute approximate surface area is 312 Å². The van der Waals surface area contributed by atoms with Crippen LogP contribution in [0.1, 0.15) is 31.9 Å². The minimum absolute atomic E-state index is 0.0322. The minimum atomic E-state index is -0.0322. The molecule has 0 spiro atoms. The second-order valence-corrected chi connectivity index (χ2v) is 16.9. The molecule has 0 N–H and O–H groups in total. The Balaban J connectivity index is 1.32. The van der Waals surface area contributed by atoms with Crippen LogP contribution >= 0.6 is 0 Å². The second-order valence-electron chi connectivity index (χ2n) is 16.9. The highest BCUT2D eigenvalue weighted by atomic mass is 15.0. The van der Waals surface area contributed by atoms with Crippen LogP contribution in [0.2, 0.25) is 0 Å². The molecular weight excluding hydrogens is 651 g/mol. The monoisotopic (exact) mass is 686 g/mol. The van der Waals surface area contributed by atoms with Gasteiger partial charge in [-0.1, -0.05) is 142 Å². The molecule has 54 heavy (non-hydrogen) atoms. The van der Waals surface area contributed by atoms with Gasteiger partial charge in [-0.15, -0.1) is 0 Å². The number of hydrogen-bond acceptors (Lipinski definition) is 0. The molecule has 0 radical (unpaired) electrons. The predicted octanol–water partition coefficient (Wildman–Crippen LogP) is 11.2. The summed E-state index contributed by atoms with van der Waals surface area (Å²) >= 11 is 0. The molecule has 3 heteroatoms. The van der Waals surface area contributed by atoms with E-state index in [1.54, 1.807) is 0 Å². The first kappa shape index (κ1) is 29.2. The van der Waals surface area contributed by atoms with Crippen molar-refractivity contribution in [2.75, 3.05) is 0 Å². The van der Waals surface area contributed by atoms with E-state index in [1.807, 2.05) is 0 Å². The normalized spacial score (nSPS) is 13.5. The third-order valence-electron chi connectivity index (χ3n) is 13.0. The fourth-order valence-electron chi connectivity index (χ4n) is 10.9. The summed E-state index contributed by atoms with van der Waals surface area (Å²) in [5.41, 5.74) is 14.8. The van der Waals surface area contributed by atoms with Crippen LogP contribution in [0, 0.1) is 6.92 Å². The highest BCUT2D eigenvalue weighted by Gasteiger charge is 2.42. The maximum atomic E-state index is 2.67. The Morgan fingerprint density at radius 2 is 0.852 bits per heavy atom. The predicted molar refractivity (Wildman–Crippen MR) is 233 cm³/mol. The summed E-state index contributed by atoms with van der Waals surface area (Å²) in [5.74, 6) is 0. The lowest BCUT2D eigenvalue weighted by molar-refractivity contribution is 0.591. The molecule has 252 valence electrons. The van der Waals surface area contributed by atoms with Gasteiger partial charge >= 0.3 is 0 Å². The molecule has 0 fully saturated rings. The van der Waals surface area contributed by atoms with Crippen LogP contribution in [-0.4, -0.2) is 15.8 Å². The first-order chi connectivity index (χ1) is 26.4. The van der Waals surface area contributed by atoms with Gasteiger partial charge in [-0.3, -0.25) is 0 Å². The summed E-state index contributed by atoms with van der Waals surface area (Å²) in [4.78, 5) is 0. The second kappa shape index (κ2) is 9.61. The molecule has 9 aromatic carbocycles. The van der Waals surface area contributed by atoms with E-state index >= 15 is 0 Å². The van der Waals surface area contributed by atoms with Crippen LogP contribution in [0.3, 0.4) is 0 Å². The standard InChI is InChI=1S/C51H35BN2/c1-28-24-42-46-43(25-28)54-48-39(45-35-19-10-6-15-31(35)33-17-8-12-21-37(33)50(45)54)26-29(51(2,3)4)27-41(48)52(46)40-23-13-22-38-44-34-18-9-5-14-30(34)32-16-7-11-20-36(32)49(44)53(42)47(38)40/h5-27H,1-4H3. The minimum Gasteiger partial charge on any atom is -0.310 e. The molecule has 0 aliphatic carbocycles. The van der Waals surface area contributed by atoms with Gasteiger partial charge in [0.05, 0.1) is 11.0 Å². The van der Waals surface area contributed by atoms with E-state index in [0.29, 0.717) is 0 Å². The van der Waals surface area contributed by atoms with Crippen LogP contribution in [0.5, 0.6) is 0 Å². The van der Waals surface area contributed by atoms with Crippen molar-refractivity contribution in [3.05, 3.63) is 151 Å². The van der Waals surface area contributed by atoms with Gasteiger partial charge in [0.1, 0.15) is 0 Å². The first-order valence-electron chi connectivity index (χ1n) is 19.3. The molecule has 11 aromatic rings. The largest absolute Gasteiger partial charge is 0.310 e. The average Bonchev–Trinajstić information content (AvgIpc) is 3.73. The number of aromatic nitrogens is 2. The summed E-state index contributed by atoms with van der Waals surface area (Å²) < 4.78 is 5.33. The van der Waals surface area contributed by atoms with E-state index in [2.05, 4.69) is 176 Å². The molecule has 2 aliphatic heterocycles. The molecule has 2 aliphatic rings. The zero-order valence-corrected chi connectivity index (χ0v) is 30.8. The van der Waals surface area contributed by atoms with E-state index in [0.717, 1.165) is 0 Å². The van der Waals surface area contributed by atoms with Crippen LogP contribution in [0.15, 0.2) is 140 Å². The highest BCUT2D eigenvalue weighted by molar-refractivity contribution is 7.00. The van der Waals surface area contributed by atoms with Gasteiger partial charge < -0.3 is 9.13 Å². The number of nitrogens with zero attached hydrogens (tertiary/aromatic N) is 2. The molecule has 13 rings (SSSR count). The van der Waals surface area contributed by atoms with E-state index in [9.17, 15) is 0 Å². The molecule has 0 bridgehead atoms. The van der Waals surface area contributed by atoms with Crippen LogP contribution < -0.4 is 16.4 Å². The molecule has 0 saturated carbocycles. The summed E-state index contributed by atoms with van der Waals surface area (Å²) in [6.07, 6.45) is 0. The number of aryl methyl sites for hydroxylation is 1. The summed E-state index contributed by atoms with van der Waals surface area (Å²) in [7, 11) is 0. The molecule has 0 amide bonds. The van der Waals surface area contributed by atoms with Crippen molar-refractivity contribution in [2.24, 2.45) is 0 Å². The van der Waals surface area contributed by atoms with E-state index in [1.165, 1.54) is 126 Å². The lowest BCUT2D eigenvalue weighted by atomic mass is 9.34. The quantitative estimate of drug-likeness (QED) is 0.111. The molecule has 2 aromatic heterocycles. The Kier molecular flexibility index (Phi) is 5.19. The Morgan fingerprint density at radius 1 is 0.407 bits per heavy atom.